The summed E-state index contributed by atoms with van der Waals surface area (Å²) in [5.41, 5.74) is 10.1. The summed E-state index contributed by atoms with van der Waals surface area (Å²) >= 11 is 0. The molecule has 5 rings (SSSR count). The Morgan fingerprint density at radius 1 is 1.11 bits per heavy atom. The number of nitrogens with two attached hydrogens (primary N) is 1. The second-order valence-corrected chi connectivity index (χ2v) is 7.04. The lowest BCUT2D eigenvalue weighted by atomic mass is 10.0. The van der Waals surface area contributed by atoms with Gasteiger partial charge in [-0.1, -0.05) is 48.5 Å². The van der Waals surface area contributed by atoms with Gasteiger partial charge in [0.15, 0.2) is 5.82 Å². The van der Waals surface area contributed by atoms with Gasteiger partial charge in [-0.3, -0.25) is 4.84 Å². The van der Waals surface area contributed by atoms with Crippen molar-refractivity contribution < 1.29 is 4.84 Å². The lowest BCUT2D eigenvalue weighted by Gasteiger charge is -2.17. The van der Waals surface area contributed by atoms with E-state index in [-0.39, 0.29) is 12.1 Å². The maximum absolute atomic E-state index is 6.14. The van der Waals surface area contributed by atoms with Gasteiger partial charge in [0.2, 0.25) is 0 Å². The molecule has 2 atom stereocenters. The van der Waals surface area contributed by atoms with Crippen molar-refractivity contribution >= 4 is 27.8 Å². The summed E-state index contributed by atoms with van der Waals surface area (Å²) in [4.78, 5) is 15.1. The average Bonchev–Trinajstić information content (AvgIpc) is 3.27. The minimum absolute atomic E-state index is 0.0748. The maximum Gasteiger partial charge on any atom is 0.152 e. The quantitative estimate of drug-likeness (QED) is 0.606. The molecule has 3 heterocycles. The molecule has 0 radical (unpaired) electrons. The zero-order chi connectivity index (χ0) is 18.4. The fourth-order valence-electron chi connectivity index (χ4n) is 4.04. The van der Waals surface area contributed by atoms with Crippen LogP contribution in [0.5, 0.6) is 0 Å². The number of nitrogens with zero attached hydrogens (tertiary/aromatic N) is 4. The second kappa shape index (κ2) is 6.33. The number of aromatic nitrogens is 3. The molecule has 27 heavy (non-hydrogen) atoms. The van der Waals surface area contributed by atoms with Crippen molar-refractivity contribution in [3.8, 4) is 0 Å². The molecule has 2 aromatic carbocycles. The van der Waals surface area contributed by atoms with Crippen molar-refractivity contribution in [3.05, 3.63) is 66.5 Å². The fourth-order valence-corrected chi connectivity index (χ4v) is 4.04. The Bertz CT molecular complexity index is 1110. The standard InChI is InChI=1S/C21H21N5O/c1-25-18(14-7-3-2-4-8-14)11-15(27-25)12-26-13-23-19-20(26)16-9-5-6-10-17(16)24-21(19)22/h2-10,13,15,18H,11-12H2,1H3,(H2,22,24). The highest BCUT2D eigenvalue weighted by atomic mass is 16.7. The van der Waals surface area contributed by atoms with Crippen LogP contribution in [-0.2, 0) is 11.4 Å². The summed E-state index contributed by atoms with van der Waals surface area (Å²) in [5.74, 6) is 0.467. The molecule has 0 spiro atoms. The largest absolute Gasteiger partial charge is 0.382 e. The van der Waals surface area contributed by atoms with Crippen LogP contribution in [-0.4, -0.2) is 32.7 Å². The van der Waals surface area contributed by atoms with Gasteiger partial charge in [0.05, 0.1) is 36.1 Å². The van der Waals surface area contributed by atoms with E-state index in [0.29, 0.717) is 5.82 Å². The van der Waals surface area contributed by atoms with E-state index in [1.807, 2.05) is 42.7 Å². The number of fused-ring (bicyclic) bond motifs is 3. The van der Waals surface area contributed by atoms with Crippen LogP contribution in [0.3, 0.4) is 0 Å². The van der Waals surface area contributed by atoms with Crippen LogP contribution in [0.4, 0.5) is 5.82 Å². The van der Waals surface area contributed by atoms with Crippen LogP contribution in [0.1, 0.15) is 18.0 Å². The molecule has 1 saturated heterocycles. The molecule has 2 N–H and O–H groups in total. The van der Waals surface area contributed by atoms with Crippen LogP contribution >= 0.6 is 0 Å². The normalized spacial score (nSPS) is 20.6. The van der Waals surface area contributed by atoms with Gasteiger partial charge in [0, 0.05) is 12.4 Å². The first-order chi connectivity index (χ1) is 13.2. The van der Waals surface area contributed by atoms with Gasteiger partial charge in [-0.15, -0.1) is 0 Å². The molecule has 6 nitrogen and oxygen atoms in total. The Labute approximate surface area is 157 Å². The molecule has 1 aliphatic rings. The number of anilines is 1. The summed E-state index contributed by atoms with van der Waals surface area (Å²) in [5, 5.41) is 3.03. The summed E-state index contributed by atoms with van der Waals surface area (Å²) in [6.45, 7) is 0.720. The molecule has 0 amide bonds. The lowest BCUT2D eigenvalue weighted by molar-refractivity contribution is -0.147. The average molecular weight is 359 g/mol. The molecule has 6 heteroatoms. The highest BCUT2D eigenvalue weighted by molar-refractivity contribution is 6.06. The third-order valence-electron chi connectivity index (χ3n) is 5.31. The number of rotatable bonds is 3. The maximum atomic E-state index is 6.14. The Kier molecular flexibility index (Phi) is 3.81. The predicted octanol–water partition coefficient (Wildman–Crippen LogP) is 3.54. The van der Waals surface area contributed by atoms with Crippen LogP contribution in [0.15, 0.2) is 60.9 Å². The molecular weight excluding hydrogens is 338 g/mol. The number of nitrogen functional groups attached to an aromatic ring is 1. The van der Waals surface area contributed by atoms with Crippen LogP contribution in [0.25, 0.3) is 21.9 Å². The van der Waals surface area contributed by atoms with Crippen molar-refractivity contribution in [1.29, 1.82) is 0 Å². The molecule has 136 valence electrons. The number of hydrogen-bond acceptors (Lipinski definition) is 5. The summed E-state index contributed by atoms with van der Waals surface area (Å²) < 4.78 is 2.14. The van der Waals surface area contributed by atoms with E-state index in [2.05, 4.69) is 44.9 Å². The van der Waals surface area contributed by atoms with Gasteiger partial charge in [-0.25, -0.2) is 9.97 Å². The van der Waals surface area contributed by atoms with Gasteiger partial charge in [-0.05, 0) is 18.1 Å². The van der Waals surface area contributed by atoms with Gasteiger partial charge in [-0.2, -0.15) is 5.06 Å². The second-order valence-electron chi connectivity index (χ2n) is 7.04. The minimum Gasteiger partial charge on any atom is -0.382 e. The molecule has 2 unspecified atom stereocenters. The van der Waals surface area contributed by atoms with Crippen molar-refractivity contribution in [2.45, 2.75) is 25.1 Å². The Balaban J connectivity index is 1.49. The van der Waals surface area contributed by atoms with E-state index in [1.165, 1.54) is 5.56 Å². The fraction of sp³-hybridized carbons (Fsp3) is 0.238. The van der Waals surface area contributed by atoms with E-state index in [9.17, 15) is 0 Å². The van der Waals surface area contributed by atoms with Crippen LogP contribution < -0.4 is 5.73 Å². The molecule has 4 aromatic rings. The Hall–Kier alpha value is -2.96. The number of imidazole rings is 1. The molecule has 2 aromatic heterocycles. The first-order valence-corrected chi connectivity index (χ1v) is 9.14. The Morgan fingerprint density at radius 3 is 2.74 bits per heavy atom. The number of para-hydroxylation sites is 1. The topological polar surface area (TPSA) is 69.2 Å². The molecule has 1 aliphatic heterocycles. The van der Waals surface area contributed by atoms with E-state index in [0.717, 1.165) is 34.9 Å². The highest BCUT2D eigenvalue weighted by Gasteiger charge is 2.32. The van der Waals surface area contributed by atoms with Gasteiger partial charge in [0.1, 0.15) is 5.52 Å². The van der Waals surface area contributed by atoms with Crippen molar-refractivity contribution in [3.63, 3.8) is 0 Å². The number of hydrogen-bond donors (Lipinski definition) is 1. The number of pyridine rings is 1. The third kappa shape index (κ3) is 2.74. The van der Waals surface area contributed by atoms with Gasteiger partial charge >= 0.3 is 0 Å². The minimum atomic E-state index is 0.0748. The zero-order valence-corrected chi connectivity index (χ0v) is 15.1. The van der Waals surface area contributed by atoms with Crippen molar-refractivity contribution in [1.82, 2.24) is 19.6 Å². The van der Waals surface area contributed by atoms with Crippen molar-refractivity contribution in [2.24, 2.45) is 0 Å². The first-order valence-electron chi connectivity index (χ1n) is 9.14. The highest BCUT2D eigenvalue weighted by Crippen LogP contribution is 2.34. The number of hydroxylamine groups is 2. The molecule has 0 aliphatic carbocycles. The summed E-state index contributed by atoms with van der Waals surface area (Å²) in [6.07, 6.45) is 2.85. The van der Waals surface area contributed by atoms with Crippen molar-refractivity contribution in [2.75, 3.05) is 12.8 Å². The zero-order valence-electron chi connectivity index (χ0n) is 15.1. The smallest absolute Gasteiger partial charge is 0.152 e. The molecule has 0 saturated carbocycles. The van der Waals surface area contributed by atoms with Crippen LogP contribution in [0.2, 0.25) is 0 Å². The van der Waals surface area contributed by atoms with E-state index in [4.69, 9.17) is 10.6 Å². The first kappa shape index (κ1) is 16.2. The van der Waals surface area contributed by atoms with Crippen LogP contribution in [0, 0.1) is 0 Å². The molecule has 1 fully saturated rings. The van der Waals surface area contributed by atoms with Gasteiger partial charge < -0.3 is 10.3 Å². The predicted molar refractivity (Wildman–Crippen MR) is 106 cm³/mol. The Morgan fingerprint density at radius 2 is 1.89 bits per heavy atom. The van der Waals surface area contributed by atoms with Gasteiger partial charge in [0.25, 0.3) is 0 Å². The number of benzene rings is 2. The SMILES string of the molecule is CN1OC(Cn2cnc3c(N)nc4ccccc4c32)CC1c1ccccc1. The summed E-state index contributed by atoms with van der Waals surface area (Å²) in [7, 11) is 2.00. The van der Waals surface area contributed by atoms with E-state index < -0.39 is 0 Å². The van der Waals surface area contributed by atoms with E-state index >= 15 is 0 Å². The molecule has 0 bridgehead atoms. The summed E-state index contributed by atoms with van der Waals surface area (Å²) in [6, 6.07) is 18.8. The lowest BCUT2D eigenvalue weighted by Crippen LogP contribution is -2.19. The monoisotopic (exact) mass is 359 g/mol. The third-order valence-corrected chi connectivity index (χ3v) is 5.31. The molecular formula is C21H21N5O. The van der Waals surface area contributed by atoms with E-state index in [1.54, 1.807) is 0 Å².